The Morgan fingerprint density at radius 1 is 1.33 bits per heavy atom. The summed E-state index contributed by atoms with van der Waals surface area (Å²) in [6.45, 7) is 2.31. The number of hydrogen-bond donors (Lipinski definition) is 2. The Kier molecular flexibility index (Phi) is 7.62. The molecule has 4 rings (SSSR count). The van der Waals surface area contributed by atoms with Crippen LogP contribution in [0, 0.1) is 11.8 Å². The van der Waals surface area contributed by atoms with Gasteiger partial charge in [0.25, 0.3) is 0 Å². The van der Waals surface area contributed by atoms with Gasteiger partial charge in [-0.15, -0.1) is 0 Å². The number of hydrogen-bond acceptors (Lipinski definition) is 6. The third-order valence-corrected chi connectivity index (χ3v) is 6.79. The number of carboxylic acid groups (broad SMARTS) is 1. The van der Waals surface area contributed by atoms with Crippen LogP contribution in [0.3, 0.4) is 0 Å². The van der Waals surface area contributed by atoms with E-state index in [0.29, 0.717) is 25.1 Å². The van der Waals surface area contributed by atoms with E-state index in [-0.39, 0.29) is 5.92 Å². The van der Waals surface area contributed by atoms with Gasteiger partial charge in [-0.05, 0) is 86.7 Å². The molecule has 3 atom stereocenters. The second-order valence-corrected chi connectivity index (χ2v) is 8.85. The van der Waals surface area contributed by atoms with Gasteiger partial charge in [-0.1, -0.05) is 0 Å². The van der Waals surface area contributed by atoms with Crippen molar-refractivity contribution in [1.29, 1.82) is 0 Å². The van der Waals surface area contributed by atoms with Crippen LogP contribution in [0.2, 0.25) is 0 Å². The summed E-state index contributed by atoms with van der Waals surface area (Å²) in [5.74, 6) is 0.582. The fourth-order valence-electron chi connectivity index (χ4n) is 4.92. The number of rotatable bonds is 10. The third kappa shape index (κ3) is 5.72. The van der Waals surface area contributed by atoms with E-state index in [1.165, 1.54) is 0 Å². The highest BCUT2D eigenvalue weighted by atomic mass is 16.5. The number of methoxy groups -OCH3 is 1. The number of aliphatic hydroxyl groups excluding tert-OH is 1. The number of pyridine rings is 1. The highest BCUT2D eigenvalue weighted by molar-refractivity contribution is 5.83. The number of benzene rings is 1. The molecule has 0 radical (unpaired) electrons. The Hall–Kier alpha value is -2.90. The molecule has 1 saturated heterocycles. The zero-order chi connectivity index (χ0) is 23.2. The number of carboxylic acids is 1. The summed E-state index contributed by atoms with van der Waals surface area (Å²) in [6.07, 6.45) is 6.53. The van der Waals surface area contributed by atoms with Crippen LogP contribution in [0.5, 0.6) is 5.75 Å². The molecule has 1 aromatic carbocycles. The molecular weight excluding hydrogens is 420 g/mol. The molecule has 1 unspecified atom stereocenters. The number of aromatic nitrogens is 1. The van der Waals surface area contributed by atoms with Gasteiger partial charge in [0.1, 0.15) is 11.5 Å². The maximum absolute atomic E-state index is 12.0. The van der Waals surface area contributed by atoms with Gasteiger partial charge in [-0.3, -0.25) is 9.78 Å². The zero-order valence-electron chi connectivity index (χ0n) is 19.0. The Labute approximate surface area is 194 Å². The number of aliphatic hydroxyl groups is 1. The first-order valence-electron chi connectivity index (χ1n) is 11.6. The molecule has 2 N–H and O–H groups in total. The van der Waals surface area contributed by atoms with Gasteiger partial charge in [0.05, 0.1) is 30.9 Å². The smallest absolute Gasteiger partial charge is 0.308 e. The van der Waals surface area contributed by atoms with Crippen molar-refractivity contribution < 1.29 is 24.2 Å². The van der Waals surface area contributed by atoms with Crippen LogP contribution in [0.4, 0.5) is 0 Å². The molecule has 7 heteroatoms. The van der Waals surface area contributed by atoms with Crippen molar-refractivity contribution in [1.82, 2.24) is 9.88 Å². The number of ether oxygens (including phenoxy) is 1. The molecule has 1 aliphatic rings. The van der Waals surface area contributed by atoms with Gasteiger partial charge < -0.3 is 24.3 Å². The quantitative estimate of drug-likeness (QED) is 0.473. The van der Waals surface area contributed by atoms with Crippen molar-refractivity contribution in [2.45, 2.75) is 38.2 Å². The van der Waals surface area contributed by atoms with Crippen LogP contribution in [0.25, 0.3) is 10.9 Å². The lowest BCUT2D eigenvalue weighted by Gasteiger charge is -2.37. The molecule has 0 spiro atoms. The summed E-state index contributed by atoms with van der Waals surface area (Å²) >= 11 is 0. The monoisotopic (exact) mass is 452 g/mol. The maximum atomic E-state index is 12.0. The maximum Gasteiger partial charge on any atom is 0.308 e. The van der Waals surface area contributed by atoms with Crippen molar-refractivity contribution in [2.75, 3.05) is 26.7 Å². The van der Waals surface area contributed by atoms with Gasteiger partial charge in [0, 0.05) is 24.5 Å². The number of piperidine rings is 1. The van der Waals surface area contributed by atoms with Crippen molar-refractivity contribution in [3.8, 4) is 5.75 Å². The van der Waals surface area contributed by atoms with Gasteiger partial charge >= 0.3 is 5.97 Å². The van der Waals surface area contributed by atoms with Crippen LogP contribution in [0.15, 0.2) is 53.3 Å². The first-order chi connectivity index (χ1) is 16.0. The van der Waals surface area contributed by atoms with E-state index < -0.39 is 18.0 Å². The molecular formula is C26H32N2O5. The average molecular weight is 453 g/mol. The summed E-state index contributed by atoms with van der Waals surface area (Å²) < 4.78 is 10.7. The molecule has 2 aromatic heterocycles. The molecule has 0 bridgehead atoms. The SMILES string of the molecule is COc1ccc2nccc(C(O)CC[C@@H]3CCN(CCCc4ccco4)C[C@@H]3C(=O)O)c2c1. The van der Waals surface area contributed by atoms with Crippen LogP contribution in [-0.4, -0.2) is 52.8 Å². The Balaban J connectivity index is 1.34. The summed E-state index contributed by atoms with van der Waals surface area (Å²) in [6, 6.07) is 11.3. The normalized spacial score (nSPS) is 20.1. The number of nitrogens with zero attached hydrogens (tertiary/aromatic N) is 2. The average Bonchev–Trinajstić information content (AvgIpc) is 3.35. The fraction of sp³-hybridized carbons (Fsp3) is 0.462. The zero-order valence-corrected chi connectivity index (χ0v) is 19.0. The van der Waals surface area contributed by atoms with Crippen LogP contribution in [0.1, 0.15) is 43.1 Å². The van der Waals surface area contributed by atoms with E-state index in [9.17, 15) is 15.0 Å². The minimum atomic E-state index is -0.746. The molecule has 1 aliphatic heterocycles. The van der Waals surface area contributed by atoms with Crippen LogP contribution < -0.4 is 4.74 Å². The number of carbonyl (C=O) groups is 1. The summed E-state index contributed by atoms with van der Waals surface area (Å²) in [4.78, 5) is 18.6. The Morgan fingerprint density at radius 2 is 2.21 bits per heavy atom. The fourth-order valence-corrected chi connectivity index (χ4v) is 4.92. The highest BCUT2D eigenvalue weighted by Crippen LogP contribution is 2.33. The van der Waals surface area contributed by atoms with E-state index in [1.807, 2.05) is 36.4 Å². The topological polar surface area (TPSA) is 96.0 Å². The molecule has 0 saturated carbocycles. The van der Waals surface area contributed by atoms with Crippen molar-refractivity contribution >= 4 is 16.9 Å². The number of likely N-dealkylation sites (tertiary alicyclic amines) is 1. The number of fused-ring (bicyclic) bond motifs is 1. The number of aryl methyl sites for hydroxylation is 1. The lowest BCUT2D eigenvalue weighted by atomic mass is 9.81. The summed E-state index contributed by atoms with van der Waals surface area (Å²) in [7, 11) is 1.61. The largest absolute Gasteiger partial charge is 0.497 e. The molecule has 33 heavy (non-hydrogen) atoms. The van der Waals surface area contributed by atoms with E-state index in [0.717, 1.165) is 54.6 Å². The van der Waals surface area contributed by atoms with E-state index >= 15 is 0 Å². The van der Waals surface area contributed by atoms with Gasteiger partial charge in [0.2, 0.25) is 0 Å². The molecule has 3 heterocycles. The van der Waals surface area contributed by atoms with Gasteiger partial charge in [-0.2, -0.15) is 0 Å². The van der Waals surface area contributed by atoms with Gasteiger partial charge in [0.15, 0.2) is 0 Å². The predicted octanol–water partition coefficient (Wildman–Crippen LogP) is 4.31. The highest BCUT2D eigenvalue weighted by Gasteiger charge is 2.34. The van der Waals surface area contributed by atoms with E-state index in [1.54, 1.807) is 19.6 Å². The Morgan fingerprint density at radius 3 is 2.97 bits per heavy atom. The second-order valence-electron chi connectivity index (χ2n) is 8.85. The molecule has 3 aromatic rings. The van der Waals surface area contributed by atoms with Gasteiger partial charge in [-0.25, -0.2) is 0 Å². The first-order valence-corrected chi connectivity index (χ1v) is 11.6. The van der Waals surface area contributed by atoms with Crippen molar-refractivity contribution in [3.05, 3.63) is 60.2 Å². The molecule has 1 fully saturated rings. The summed E-state index contributed by atoms with van der Waals surface area (Å²) in [5, 5.41) is 21.7. The number of furan rings is 1. The third-order valence-electron chi connectivity index (χ3n) is 6.79. The number of aliphatic carboxylic acids is 1. The van der Waals surface area contributed by atoms with Crippen LogP contribution >= 0.6 is 0 Å². The minimum absolute atomic E-state index is 0.0566. The lowest BCUT2D eigenvalue weighted by Crippen LogP contribution is -2.44. The lowest BCUT2D eigenvalue weighted by molar-refractivity contribution is -0.146. The van der Waals surface area contributed by atoms with Crippen molar-refractivity contribution in [2.24, 2.45) is 11.8 Å². The molecule has 7 nitrogen and oxygen atoms in total. The van der Waals surface area contributed by atoms with Crippen LogP contribution in [-0.2, 0) is 11.2 Å². The Bertz CT molecular complexity index is 1050. The van der Waals surface area contributed by atoms with Crippen molar-refractivity contribution in [3.63, 3.8) is 0 Å². The molecule has 176 valence electrons. The second kappa shape index (κ2) is 10.8. The molecule has 0 aliphatic carbocycles. The molecule has 0 amide bonds. The summed E-state index contributed by atoms with van der Waals surface area (Å²) in [5.41, 5.74) is 1.61. The standard InChI is InChI=1S/C26H32N2O5/c1-32-20-7-8-24-22(16-20)21(10-12-27-24)25(29)9-6-18-11-14-28(17-23(18)26(30)31)13-2-4-19-5-3-15-33-19/h3,5,7-8,10,12,15-16,18,23,25,29H,2,4,6,9,11,13-14,17H2,1H3,(H,30,31)/t18-,23+,25?/m1/s1. The predicted molar refractivity (Wildman–Crippen MR) is 125 cm³/mol. The first kappa shape index (κ1) is 23.3. The van der Waals surface area contributed by atoms with E-state index in [4.69, 9.17) is 9.15 Å². The van der Waals surface area contributed by atoms with E-state index in [2.05, 4.69) is 9.88 Å². The minimum Gasteiger partial charge on any atom is -0.497 e.